The van der Waals surface area contributed by atoms with Crippen molar-refractivity contribution in [3.05, 3.63) is 0 Å². The minimum atomic E-state index is 0.579. The van der Waals surface area contributed by atoms with E-state index in [-0.39, 0.29) is 0 Å². The highest BCUT2D eigenvalue weighted by molar-refractivity contribution is 5.53. The Labute approximate surface area is 91.8 Å². The van der Waals surface area contributed by atoms with Gasteiger partial charge in [0.15, 0.2) is 0 Å². The quantitative estimate of drug-likeness (QED) is 0.643. The van der Waals surface area contributed by atoms with Gasteiger partial charge in [0.25, 0.3) is 0 Å². The predicted molar refractivity (Wildman–Crippen MR) is 59.2 cm³/mol. The zero-order chi connectivity index (χ0) is 10.1. The molecule has 3 atom stereocenters. The van der Waals surface area contributed by atoms with Gasteiger partial charge in [0, 0.05) is 6.04 Å². The van der Waals surface area contributed by atoms with E-state index in [9.17, 15) is 0 Å². The maximum atomic E-state index is 6.32. The Morgan fingerprint density at radius 3 is 1.67 bits per heavy atom. The Morgan fingerprint density at radius 2 is 1.47 bits per heavy atom. The Hall–Kier alpha value is -0.0400. The first-order valence-electron chi connectivity index (χ1n) is 6.94. The van der Waals surface area contributed by atoms with Crippen molar-refractivity contribution in [1.82, 2.24) is 0 Å². The van der Waals surface area contributed by atoms with Crippen LogP contribution in [0.15, 0.2) is 0 Å². The lowest BCUT2D eigenvalue weighted by molar-refractivity contribution is 0.129. The summed E-state index contributed by atoms with van der Waals surface area (Å²) in [6, 6.07) is 0.579. The predicted octanol–water partition coefficient (Wildman–Crippen LogP) is 2.69. The minimum Gasteiger partial charge on any atom is -0.327 e. The molecule has 0 heterocycles. The molecule has 0 aromatic rings. The van der Waals surface area contributed by atoms with Crippen LogP contribution in [0.1, 0.15) is 51.9 Å². The van der Waals surface area contributed by atoms with E-state index in [4.69, 9.17) is 5.73 Å². The van der Waals surface area contributed by atoms with E-state index >= 15 is 0 Å². The average Bonchev–Trinajstić information content (AvgIpc) is 2.97. The molecule has 4 spiro atoms. The topological polar surface area (TPSA) is 26.0 Å². The van der Waals surface area contributed by atoms with Gasteiger partial charge in [0.1, 0.15) is 0 Å². The molecule has 1 heteroatoms. The Bertz CT molecular complexity index is 347. The second kappa shape index (κ2) is 1.72. The largest absolute Gasteiger partial charge is 0.327 e. The highest BCUT2D eigenvalue weighted by atomic mass is 15.1. The summed E-state index contributed by atoms with van der Waals surface area (Å²) >= 11 is 0. The van der Waals surface area contributed by atoms with Crippen molar-refractivity contribution in [2.24, 2.45) is 33.3 Å². The standard InChI is InChI=1S/C14H21N/c1-9-10(15)13(9)8-14(13)11(4-2-5-11)12(14)6-3-7-12/h9-10H,2-8,15H2,1H3. The molecule has 0 aromatic heterocycles. The molecule has 15 heavy (non-hydrogen) atoms. The summed E-state index contributed by atoms with van der Waals surface area (Å²) < 4.78 is 0. The molecule has 5 rings (SSSR count). The van der Waals surface area contributed by atoms with Crippen molar-refractivity contribution < 1.29 is 0 Å². The lowest BCUT2D eigenvalue weighted by Gasteiger charge is -2.38. The molecule has 1 nitrogen and oxygen atoms in total. The molecule has 0 radical (unpaired) electrons. The highest BCUT2D eigenvalue weighted by Gasteiger charge is 3.05. The Morgan fingerprint density at radius 1 is 1.00 bits per heavy atom. The minimum absolute atomic E-state index is 0.579. The van der Waals surface area contributed by atoms with Crippen LogP contribution < -0.4 is 5.73 Å². The molecular formula is C14H21N. The van der Waals surface area contributed by atoms with Crippen molar-refractivity contribution in [1.29, 1.82) is 0 Å². The number of rotatable bonds is 0. The molecule has 5 fully saturated rings. The van der Waals surface area contributed by atoms with E-state index in [2.05, 4.69) is 6.92 Å². The molecule has 5 aliphatic carbocycles. The maximum absolute atomic E-state index is 6.32. The fraction of sp³-hybridized carbons (Fsp3) is 1.00. The zero-order valence-electron chi connectivity index (χ0n) is 9.68. The van der Waals surface area contributed by atoms with Crippen LogP contribution in [0.5, 0.6) is 0 Å². The smallest absolute Gasteiger partial charge is 0.0137 e. The highest BCUT2D eigenvalue weighted by Crippen LogP contribution is 3.09. The van der Waals surface area contributed by atoms with Gasteiger partial charge < -0.3 is 5.73 Å². The molecule has 0 aromatic carbocycles. The van der Waals surface area contributed by atoms with Gasteiger partial charge in [-0.3, -0.25) is 0 Å². The fourth-order valence-electron chi connectivity index (χ4n) is 7.04. The molecular weight excluding hydrogens is 182 g/mol. The van der Waals surface area contributed by atoms with E-state index in [1.807, 2.05) is 0 Å². The van der Waals surface area contributed by atoms with Crippen LogP contribution in [-0.4, -0.2) is 6.04 Å². The third kappa shape index (κ3) is 0.432. The van der Waals surface area contributed by atoms with E-state index < -0.39 is 0 Å². The second-order valence-corrected chi connectivity index (χ2v) is 7.31. The number of nitrogens with two attached hydrogens (primary N) is 1. The van der Waals surface area contributed by atoms with Gasteiger partial charge in [0.05, 0.1) is 0 Å². The molecule has 82 valence electrons. The van der Waals surface area contributed by atoms with Crippen LogP contribution in [0, 0.1) is 27.6 Å². The first kappa shape index (κ1) is 8.11. The molecule has 0 saturated heterocycles. The molecule has 0 aliphatic heterocycles. The van der Waals surface area contributed by atoms with Gasteiger partial charge in [0.2, 0.25) is 0 Å². The van der Waals surface area contributed by atoms with Gasteiger partial charge in [-0.15, -0.1) is 0 Å². The third-order valence-electron chi connectivity index (χ3n) is 7.97. The summed E-state index contributed by atoms with van der Waals surface area (Å²) in [4.78, 5) is 0. The Balaban J connectivity index is 1.62. The first-order valence-corrected chi connectivity index (χ1v) is 6.94. The normalized spacial score (nSPS) is 58.0. The summed E-state index contributed by atoms with van der Waals surface area (Å²) in [5, 5.41) is 0. The lowest BCUT2D eigenvalue weighted by atomic mass is 9.67. The molecule has 0 bridgehead atoms. The van der Waals surface area contributed by atoms with Gasteiger partial charge in [-0.2, -0.15) is 0 Å². The van der Waals surface area contributed by atoms with Gasteiger partial charge in [-0.1, -0.05) is 19.8 Å². The van der Waals surface area contributed by atoms with Gasteiger partial charge in [-0.05, 0) is 59.7 Å². The summed E-state index contributed by atoms with van der Waals surface area (Å²) in [6.45, 7) is 2.41. The summed E-state index contributed by atoms with van der Waals surface area (Å²) in [5.74, 6) is 0.856. The van der Waals surface area contributed by atoms with E-state index in [0.717, 1.165) is 22.2 Å². The average molecular weight is 203 g/mol. The van der Waals surface area contributed by atoms with Crippen molar-refractivity contribution in [2.75, 3.05) is 0 Å². The first-order chi connectivity index (χ1) is 7.19. The SMILES string of the molecule is CC1C(N)C12CC21C2(CCC2)C12CCC2. The molecule has 5 saturated carbocycles. The number of hydrogen-bond donors (Lipinski definition) is 1. The van der Waals surface area contributed by atoms with E-state index in [1.165, 1.54) is 19.3 Å². The monoisotopic (exact) mass is 203 g/mol. The fourth-order valence-corrected chi connectivity index (χ4v) is 7.04. The van der Waals surface area contributed by atoms with Crippen molar-refractivity contribution in [2.45, 2.75) is 57.9 Å². The lowest BCUT2D eigenvalue weighted by Crippen LogP contribution is -2.26. The molecule has 3 unspecified atom stereocenters. The van der Waals surface area contributed by atoms with Crippen LogP contribution in [-0.2, 0) is 0 Å². The number of fused-ring (bicyclic) bond motifs is 4. The zero-order valence-corrected chi connectivity index (χ0v) is 9.68. The van der Waals surface area contributed by atoms with Crippen molar-refractivity contribution >= 4 is 0 Å². The van der Waals surface area contributed by atoms with Crippen LogP contribution in [0.4, 0.5) is 0 Å². The molecule has 0 amide bonds. The number of hydrogen-bond acceptors (Lipinski definition) is 1. The third-order valence-corrected chi connectivity index (χ3v) is 7.97. The Kier molecular flexibility index (Phi) is 0.928. The van der Waals surface area contributed by atoms with Gasteiger partial charge in [-0.25, -0.2) is 0 Å². The van der Waals surface area contributed by atoms with E-state index in [0.29, 0.717) is 11.5 Å². The molecule has 5 aliphatic rings. The van der Waals surface area contributed by atoms with Crippen LogP contribution in [0.2, 0.25) is 0 Å². The van der Waals surface area contributed by atoms with Crippen molar-refractivity contribution in [3.63, 3.8) is 0 Å². The summed E-state index contributed by atoms with van der Waals surface area (Å²) in [7, 11) is 0. The van der Waals surface area contributed by atoms with E-state index in [1.54, 1.807) is 25.7 Å². The van der Waals surface area contributed by atoms with Crippen LogP contribution in [0.3, 0.4) is 0 Å². The van der Waals surface area contributed by atoms with Crippen LogP contribution in [0.25, 0.3) is 0 Å². The van der Waals surface area contributed by atoms with Crippen molar-refractivity contribution in [3.8, 4) is 0 Å². The second-order valence-electron chi connectivity index (χ2n) is 7.31. The molecule has 2 N–H and O–H groups in total. The van der Waals surface area contributed by atoms with Crippen LogP contribution >= 0.6 is 0 Å². The maximum Gasteiger partial charge on any atom is 0.0137 e. The van der Waals surface area contributed by atoms with Gasteiger partial charge >= 0.3 is 0 Å². The summed E-state index contributed by atoms with van der Waals surface area (Å²) in [5.41, 5.74) is 9.50. The summed E-state index contributed by atoms with van der Waals surface area (Å²) in [6.07, 6.45) is 10.8.